The highest BCUT2D eigenvalue weighted by Crippen LogP contribution is 2.66. The van der Waals surface area contributed by atoms with Gasteiger partial charge in [0.1, 0.15) is 0 Å². The van der Waals surface area contributed by atoms with Crippen LogP contribution in [0.5, 0.6) is 0 Å². The molecule has 0 aromatic rings. The second-order valence-electron chi connectivity index (χ2n) is 6.80. The molecular formula is C15H27F2NO. The van der Waals surface area contributed by atoms with Crippen molar-refractivity contribution in [2.45, 2.75) is 58.3 Å². The van der Waals surface area contributed by atoms with Gasteiger partial charge in [0.25, 0.3) is 5.92 Å². The van der Waals surface area contributed by atoms with Crippen LogP contribution in [0.2, 0.25) is 0 Å². The first kappa shape index (κ1) is 15.2. The summed E-state index contributed by atoms with van der Waals surface area (Å²) in [6.07, 6.45) is 4.84. The normalized spacial score (nSPS) is 29.5. The van der Waals surface area contributed by atoms with Gasteiger partial charge in [-0.1, -0.05) is 20.3 Å². The molecule has 1 aliphatic heterocycles. The molecule has 1 heterocycles. The van der Waals surface area contributed by atoms with E-state index in [1.807, 2.05) is 0 Å². The monoisotopic (exact) mass is 275 g/mol. The predicted molar refractivity (Wildman–Crippen MR) is 72.4 cm³/mol. The van der Waals surface area contributed by atoms with Crippen molar-refractivity contribution in [1.29, 1.82) is 0 Å². The van der Waals surface area contributed by atoms with E-state index < -0.39 is 11.3 Å². The number of aliphatic hydroxyl groups excluding tert-OH is 1. The zero-order chi connectivity index (χ0) is 14.1. The van der Waals surface area contributed by atoms with Crippen molar-refractivity contribution < 1.29 is 13.9 Å². The number of nitrogens with zero attached hydrogens (tertiary/aromatic N) is 1. The highest BCUT2D eigenvalue weighted by atomic mass is 19.3. The first-order valence-electron chi connectivity index (χ1n) is 7.64. The highest BCUT2D eigenvalue weighted by Gasteiger charge is 2.70. The van der Waals surface area contributed by atoms with E-state index in [1.165, 1.54) is 6.42 Å². The fourth-order valence-electron chi connectivity index (χ4n) is 3.08. The van der Waals surface area contributed by atoms with E-state index in [4.69, 9.17) is 0 Å². The maximum absolute atomic E-state index is 13.2. The van der Waals surface area contributed by atoms with Crippen molar-refractivity contribution in [3.8, 4) is 0 Å². The predicted octanol–water partition coefficient (Wildman–Crippen LogP) is 3.30. The van der Waals surface area contributed by atoms with Crippen LogP contribution in [0, 0.1) is 10.8 Å². The smallest absolute Gasteiger partial charge is 0.254 e. The molecule has 1 N–H and O–H groups in total. The molecular weight excluding hydrogens is 248 g/mol. The molecule has 3 rings (SSSR count). The zero-order valence-corrected chi connectivity index (χ0v) is 12.2. The lowest BCUT2D eigenvalue weighted by Gasteiger charge is -2.34. The van der Waals surface area contributed by atoms with Crippen molar-refractivity contribution in [3.63, 3.8) is 0 Å². The molecule has 0 amide bonds. The Labute approximate surface area is 115 Å². The van der Waals surface area contributed by atoms with Crippen molar-refractivity contribution in [3.05, 3.63) is 0 Å². The van der Waals surface area contributed by atoms with E-state index >= 15 is 0 Å². The van der Waals surface area contributed by atoms with Crippen molar-refractivity contribution in [2.75, 3.05) is 26.2 Å². The number of halogens is 2. The third kappa shape index (κ3) is 3.10. The summed E-state index contributed by atoms with van der Waals surface area (Å²) in [5.41, 5.74) is -0.518. The Kier molecular flexibility index (Phi) is 4.22. The molecule has 0 aromatic carbocycles. The first-order chi connectivity index (χ1) is 8.92. The summed E-state index contributed by atoms with van der Waals surface area (Å²) in [6, 6.07) is 0. The molecule has 3 aliphatic rings. The van der Waals surface area contributed by atoms with Crippen LogP contribution in [0.15, 0.2) is 0 Å². The van der Waals surface area contributed by atoms with E-state index in [1.54, 1.807) is 0 Å². The van der Waals surface area contributed by atoms with Gasteiger partial charge in [0.2, 0.25) is 0 Å². The second-order valence-corrected chi connectivity index (χ2v) is 6.80. The van der Waals surface area contributed by atoms with E-state index in [-0.39, 0.29) is 18.4 Å². The number of rotatable bonds is 3. The molecule has 3 fully saturated rings. The van der Waals surface area contributed by atoms with Gasteiger partial charge in [-0.2, -0.15) is 0 Å². The molecule has 0 unspecified atom stereocenters. The van der Waals surface area contributed by atoms with Gasteiger partial charge in [0, 0.05) is 30.4 Å². The van der Waals surface area contributed by atoms with Gasteiger partial charge < -0.3 is 10.0 Å². The second kappa shape index (κ2) is 5.28. The number of likely N-dealkylation sites (tertiary alicyclic amines) is 1. The zero-order valence-electron chi connectivity index (χ0n) is 12.2. The van der Waals surface area contributed by atoms with Crippen LogP contribution in [0.1, 0.15) is 52.4 Å². The Morgan fingerprint density at radius 2 is 1.53 bits per heavy atom. The van der Waals surface area contributed by atoms with Gasteiger partial charge in [-0.05, 0) is 38.8 Å². The maximum atomic E-state index is 13.2. The lowest BCUT2D eigenvalue weighted by molar-refractivity contribution is 0.0247. The quantitative estimate of drug-likeness (QED) is 0.854. The standard InChI is InChI=1S/C12H19F2NO.C3H8/c13-12(14)7-11(12)3-5-15(6-4-11)8-10(9-16)1-2-10;1-3-2/h16H,1-9H2;3H2,1-2H3. The van der Waals surface area contributed by atoms with E-state index in [0.717, 1.165) is 32.5 Å². The first-order valence-corrected chi connectivity index (χ1v) is 7.64. The minimum atomic E-state index is -2.38. The lowest BCUT2D eigenvalue weighted by atomic mass is 9.92. The van der Waals surface area contributed by atoms with Gasteiger partial charge in [-0.25, -0.2) is 8.78 Å². The third-order valence-corrected chi connectivity index (χ3v) is 4.88. The molecule has 112 valence electrons. The molecule has 2 aliphatic carbocycles. The molecule has 0 radical (unpaired) electrons. The number of alkyl halides is 2. The van der Waals surface area contributed by atoms with Gasteiger partial charge in [-0.15, -0.1) is 0 Å². The molecule has 0 atom stereocenters. The Hall–Kier alpha value is -0.220. The lowest BCUT2D eigenvalue weighted by Crippen LogP contribution is -2.40. The van der Waals surface area contributed by atoms with Crippen LogP contribution in [-0.2, 0) is 0 Å². The molecule has 2 nitrogen and oxygen atoms in total. The van der Waals surface area contributed by atoms with Crippen LogP contribution in [0.25, 0.3) is 0 Å². The Balaban J connectivity index is 0.000000408. The molecule has 1 saturated heterocycles. The van der Waals surface area contributed by atoms with Crippen LogP contribution in [0.3, 0.4) is 0 Å². The summed E-state index contributed by atoms with van der Waals surface area (Å²) < 4.78 is 26.3. The van der Waals surface area contributed by atoms with Crippen LogP contribution < -0.4 is 0 Å². The number of aliphatic hydroxyl groups is 1. The van der Waals surface area contributed by atoms with Crippen LogP contribution in [-0.4, -0.2) is 42.2 Å². The van der Waals surface area contributed by atoms with Crippen molar-refractivity contribution >= 4 is 0 Å². The van der Waals surface area contributed by atoms with Crippen LogP contribution >= 0.6 is 0 Å². The maximum Gasteiger partial charge on any atom is 0.254 e. The summed E-state index contributed by atoms with van der Waals surface area (Å²) >= 11 is 0. The number of piperidine rings is 1. The third-order valence-electron chi connectivity index (χ3n) is 4.88. The fraction of sp³-hybridized carbons (Fsp3) is 1.00. The van der Waals surface area contributed by atoms with Gasteiger partial charge in [0.15, 0.2) is 0 Å². The Morgan fingerprint density at radius 1 is 1.05 bits per heavy atom. The van der Waals surface area contributed by atoms with E-state index in [9.17, 15) is 13.9 Å². The summed E-state index contributed by atoms with van der Waals surface area (Å²) in [4.78, 5) is 2.27. The average Bonchev–Trinajstić information content (AvgIpc) is 3.23. The SMILES string of the molecule is CCC.OCC1(CN2CCC3(CC2)CC3(F)F)CC1. The van der Waals surface area contributed by atoms with Gasteiger partial charge in [-0.3, -0.25) is 0 Å². The minimum Gasteiger partial charge on any atom is -0.396 e. The minimum absolute atomic E-state index is 0.110. The summed E-state index contributed by atoms with van der Waals surface area (Å²) in [5.74, 6) is -2.38. The molecule has 0 bridgehead atoms. The summed E-state index contributed by atoms with van der Waals surface area (Å²) in [5, 5.41) is 9.24. The Bertz CT molecular complexity index is 307. The van der Waals surface area contributed by atoms with Crippen molar-refractivity contribution in [2.24, 2.45) is 10.8 Å². The fourth-order valence-corrected chi connectivity index (χ4v) is 3.08. The topological polar surface area (TPSA) is 23.5 Å². The molecule has 4 heteroatoms. The number of hydrogen-bond acceptors (Lipinski definition) is 2. The Morgan fingerprint density at radius 3 is 1.84 bits per heavy atom. The van der Waals surface area contributed by atoms with Crippen molar-refractivity contribution in [1.82, 2.24) is 4.90 Å². The summed E-state index contributed by atoms with van der Waals surface area (Å²) in [7, 11) is 0. The number of hydrogen-bond donors (Lipinski definition) is 1. The molecule has 2 saturated carbocycles. The largest absolute Gasteiger partial charge is 0.396 e. The van der Waals surface area contributed by atoms with Crippen LogP contribution in [0.4, 0.5) is 8.78 Å². The van der Waals surface area contributed by atoms with E-state index in [0.29, 0.717) is 12.8 Å². The molecule has 0 aromatic heterocycles. The highest BCUT2D eigenvalue weighted by molar-refractivity contribution is 5.12. The molecule has 19 heavy (non-hydrogen) atoms. The molecule has 1 spiro atoms. The van der Waals surface area contributed by atoms with Gasteiger partial charge in [0.05, 0.1) is 0 Å². The average molecular weight is 275 g/mol. The summed E-state index contributed by atoms with van der Waals surface area (Å²) in [6.45, 7) is 6.99. The van der Waals surface area contributed by atoms with E-state index in [2.05, 4.69) is 18.7 Å². The van der Waals surface area contributed by atoms with Gasteiger partial charge >= 0.3 is 0 Å².